The lowest BCUT2D eigenvalue weighted by Crippen LogP contribution is -2.47. The number of hydrogen-bond acceptors (Lipinski definition) is 0. The van der Waals surface area contributed by atoms with Crippen LogP contribution in [0.15, 0.2) is 0 Å². The third-order valence-electron chi connectivity index (χ3n) is 3.68. The van der Waals surface area contributed by atoms with Gasteiger partial charge in [0.15, 0.2) is 8.11 Å². The Hall–Kier alpha value is 0.507. The SMILES string of the molecule is CC(C)(C)C(C(C)(C)C)C(C)(C)[Si](Cl)C(C)(C)C. The Kier molecular flexibility index (Phi) is 5.27. The summed E-state index contributed by atoms with van der Waals surface area (Å²) < 4.78 is 0. The van der Waals surface area contributed by atoms with Crippen LogP contribution in [-0.2, 0) is 0 Å². The van der Waals surface area contributed by atoms with Crippen molar-refractivity contribution in [2.45, 2.75) is 86.2 Å². The minimum atomic E-state index is -0.973. The van der Waals surface area contributed by atoms with Crippen LogP contribution in [0.2, 0.25) is 10.1 Å². The molecule has 0 aliphatic carbocycles. The van der Waals surface area contributed by atoms with Gasteiger partial charge in [0.05, 0.1) is 0 Å². The van der Waals surface area contributed by atoms with Crippen molar-refractivity contribution in [3.05, 3.63) is 0 Å². The van der Waals surface area contributed by atoms with Crippen LogP contribution in [0.3, 0.4) is 0 Å². The van der Waals surface area contributed by atoms with Crippen molar-refractivity contribution in [3.8, 4) is 0 Å². The van der Waals surface area contributed by atoms with Crippen molar-refractivity contribution < 1.29 is 0 Å². The molecule has 1 radical (unpaired) electrons. The average Bonchev–Trinajstić information content (AvgIpc) is 1.93. The summed E-state index contributed by atoms with van der Waals surface area (Å²) in [7, 11) is -0.973. The number of rotatable bonds is 2. The summed E-state index contributed by atoms with van der Waals surface area (Å²) in [6.45, 7) is 25.8. The normalized spacial score (nSPS) is 15.7. The molecular weight excluding hydrogens is 256 g/mol. The van der Waals surface area contributed by atoms with E-state index in [4.69, 9.17) is 11.1 Å². The highest BCUT2D eigenvalue weighted by molar-refractivity contribution is 7.10. The molecule has 0 aromatic carbocycles. The molecule has 0 bridgehead atoms. The molecule has 0 aromatic heterocycles. The fourth-order valence-electron chi connectivity index (χ4n) is 4.56. The molecule has 0 aliphatic heterocycles. The highest BCUT2D eigenvalue weighted by Gasteiger charge is 2.52. The molecule has 0 saturated carbocycles. The van der Waals surface area contributed by atoms with E-state index in [1.165, 1.54) is 0 Å². The molecule has 2 heteroatoms. The molecule has 0 aromatic rings. The second-order valence-corrected chi connectivity index (χ2v) is 14.0. The van der Waals surface area contributed by atoms with Crippen LogP contribution in [0.4, 0.5) is 0 Å². The maximum Gasteiger partial charge on any atom is 0.177 e. The minimum absolute atomic E-state index is 0.195. The lowest BCUT2D eigenvalue weighted by molar-refractivity contribution is 0.0629. The molecule has 0 rings (SSSR count). The Labute approximate surface area is 122 Å². The van der Waals surface area contributed by atoms with E-state index in [1.807, 2.05) is 0 Å². The van der Waals surface area contributed by atoms with E-state index >= 15 is 0 Å². The van der Waals surface area contributed by atoms with Gasteiger partial charge < -0.3 is 0 Å². The number of halogens is 1. The Morgan fingerprint density at radius 3 is 1.11 bits per heavy atom. The van der Waals surface area contributed by atoms with E-state index in [9.17, 15) is 0 Å². The van der Waals surface area contributed by atoms with Gasteiger partial charge in [-0.3, -0.25) is 0 Å². The second-order valence-electron chi connectivity index (χ2n) is 9.45. The summed E-state index contributed by atoms with van der Waals surface area (Å²) in [5.41, 5.74) is 0.551. The fraction of sp³-hybridized carbons (Fsp3) is 1.00. The smallest absolute Gasteiger partial charge is 0.168 e. The molecule has 0 N–H and O–H groups in total. The van der Waals surface area contributed by atoms with Crippen molar-refractivity contribution in [3.63, 3.8) is 0 Å². The van der Waals surface area contributed by atoms with Gasteiger partial charge in [-0.15, -0.1) is 0 Å². The lowest BCUT2D eigenvalue weighted by Gasteiger charge is -2.53. The summed E-state index contributed by atoms with van der Waals surface area (Å²) in [5.74, 6) is 0.600. The largest absolute Gasteiger partial charge is 0.177 e. The second kappa shape index (κ2) is 5.13. The topological polar surface area (TPSA) is 0 Å². The molecule has 0 saturated heterocycles. The van der Waals surface area contributed by atoms with Gasteiger partial charge in [0.25, 0.3) is 0 Å². The summed E-state index contributed by atoms with van der Waals surface area (Å²) in [6.07, 6.45) is 0. The van der Waals surface area contributed by atoms with Crippen LogP contribution in [0.1, 0.15) is 76.2 Å². The van der Waals surface area contributed by atoms with Crippen molar-refractivity contribution in [1.82, 2.24) is 0 Å². The van der Waals surface area contributed by atoms with Gasteiger partial charge in [-0.25, -0.2) is 0 Å². The molecular formula is C16H34ClSi. The first kappa shape index (κ1) is 18.5. The van der Waals surface area contributed by atoms with Gasteiger partial charge in [-0.1, -0.05) is 76.2 Å². The molecule has 0 heterocycles. The first-order chi connectivity index (χ1) is 7.52. The summed E-state index contributed by atoms with van der Waals surface area (Å²) in [6, 6.07) is 0. The zero-order valence-corrected chi connectivity index (χ0v) is 16.2. The monoisotopic (exact) mass is 289 g/mol. The van der Waals surface area contributed by atoms with Gasteiger partial charge in [0.2, 0.25) is 0 Å². The van der Waals surface area contributed by atoms with Crippen LogP contribution in [0, 0.1) is 16.7 Å². The summed E-state index contributed by atoms with van der Waals surface area (Å²) in [4.78, 5) is 0. The minimum Gasteiger partial charge on any atom is -0.168 e. The first-order valence-corrected chi connectivity index (χ1v) is 9.57. The molecule has 0 unspecified atom stereocenters. The fourth-order valence-corrected chi connectivity index (χ4v) is 7.94. The molecule has 0 spiro atoms. The van der Waals surface area contributed by atoms with E-state index in [-0.39, 0.29) is 20.9 Å². The Bertz CT molecular complexity index is 259. The molecule has 0 nitrogen and oxygen atoms in total. The molecule has 0 atom stereocenters. The van der Waals surface area contributed by atoms with Crippen molar-refractivity contribution in [1.29, 1.82) is 0 Å². The third kappa shape index (κ3) is 4.26. The predicted molar refractivity (Wildman–Crippen MR) is 87.8 cm³/mol. The zero-order chi connectivity index (χ0) is 15.2. The third-order valence-corrected chi connectivity index (χ3v) is 9.58. The van der Waals surface area contributed by atoms with Crippen LogP contribution >= 0.6 is 11.1 Å². The zero-order valence-electron chi connectivity index (χ0n) is 14.5. The number of hydrogen-bond donors (Lipinski definition) is 0. The highest BCUT2D eigenvalue weighted by atomic mass is 35.6. The Morgan fingerprint density at radius 2 is 0.944 bits per heavy atom. The summed E-state index contributed by atoms with van der Waals surface area (Å²) in [5, 5.41) is 0.422. The van der Waals surface area contributed by atoms with Crippen LogP contribution in [-0.4, -0.2) is 8.11 Å². The predicted octanol–water partition coefficient (Wildman–Crippen LogP) is 6.51. The molecule has 0 amide bonds. The van der Waals surface area contributed by atoms with Gasteiger partial charge >= 0.3 is 0 Å². The Balaban J connectivity index is 5.64. The Morgan fingerprint density at radius 1 is 0.667 bits per heavy atom. The highest BCUT2D eigenvalue weighted by Crippen LogP contribution is 2.59. The maximum atomic E-state index is 6.96. The molecule has 18 heavy (non-hydrogen) atoms. The quantitative estimate of drug-likeness (QED) is 0.402. The van der Waals surface area contributed by atoms with Gasteiger partial charge in [-0.05, 0) is 26.8 Å². The van der Waals surface area contributed by atoms with E-state index in [0.29, 0.717) is 5.92 Å². The van der Waals surface area contributed by atoms with E-state index in [1.54, 1.807) is 0 Å². The van der Waals surface area contributed by atoms with E-state index < -0.39 is 8.11 Å². The van der Waals surface area contributed by atoms with E-state index in [2.05, 4.69) is 76.2 Å². The van der Waals surface area contributed by atoms with Crippen molar-refractivity contribution >= 4 is 19.2 Å². The van der Waals surface area contributed by atoms with Gasteiger partial charge in [0.1, 0.15) is 0 Å². The van der Waals surface area contributed by atoms with Crippen molar-refractivity contribution in [2.24, 2.45) is 16.7 Å². The molecule has 0 aliphatic rings. The lowest BCUT2D eigenvalue weighted by atomic mass is 9.61. The van der Waals surface area contributed by atoms with Crippen LogP contribution in [0.25, 0.3) is 0 Å². The first-order valence-electron chi connectivity index (χ1n) is 7.06. The van der Waals surface area contributed by atoms with Gasteiger partial charge in [-0.2, -0.15) is 11.1 Å². The van der Waals surface area contributed by atoms with Crippen LogP contribution in [0.5, 0.6) is 0 Å². The summed E-state index contributed by atoms with van der Waals surface area (Å²) >= 11 is 6.96. The van der Waals surface area contributed by atoms with Crippen LogP contribution < -0.4 is 0 Å². The molecule has 109 valence electrons. The van der Waals surface area contributed by atoms with Crippen molar-refractivity contribution in [2.75, 3.05) is 0 Å². The average molecular weight is 290 g/mol. The van der Waals surface area contributed by atoms with Gasteiger partial charge in [0, 0.05) is 0 Å². The molecule has 0 fully saturated rings. The standard InChI is InChI=1S/C16H34ClSi/c1-13(2,3)12(14(4,5)6)16(10,11)18(17)15(7,8)9/h12H,1-11H3. The van der Waals surface area contributed by atoms with E-state index in [0.717, 1.165) is 0 Å². The maximum absolute atomic E-state index is 6.96.